The molecule has 0 heterocycles. The monoisotopic (exact) mass is 346 g/mol. The molecule has 0 atom stereocenters. The van der Waals surface area contributed by atoms with Crippen LogP contribution in [0.2, 0.25) is 0 Å². The van der Waals surface area contributed by atoms with E-state index >= 15 is 0 Å². The summed E-state index contributed by atoms with van der Waals surface area (Å²) in [6, 6.07) is 9.27. The third-order valence-corrected chi connectivity index (χ3v) is 3.20. The number of carbonyl (C=O) groups is 1. The lowest BCUT2D eigenvalue weighted by atomic mass is 10.1. The van der Waals surface area contributed by atoms with Gasteiger partial charge in [0.1, 0.15) is 11.6 Å². The van der Waals surface area contributed by atoms with Crippen molar-refractivity contribution in [2.45, 2.75) is 13.8 Å². The summed E-state index contributed by atoms with van der Waals surface area (Å²) in [5, 5.41) is 16.8. The maximum atomic E-state index is 12.8. The van der Waals surface area contributed by atoms with Crippen molar-refractivity contribution in [1.29, 1.82) is 0 Å². The van der Waals surface area contributed by atoms with E-state index in [0.717, 1.165) is 11.6 Å². The van der Waals surface area contributed by atoms with Crippen LogP contribution in [0.25, 0.3) is 12.2 Å². The third-order valence-electron chi connectivity index (χ3n) is 3.20. The Morgan fingerprint density at radius 1 is 0.960 bits per heavy atom. The number of halogens is 2. The number of aliphatic hydroxyl groups is 1. The van der Waals surface area contributed by atoms with Gasteiger partial charge in [-0.1, -0.05) is 24.3 Å². The summed E-state index contributed by atoms with van der Waals surface area (Å²) in [7, 11) is 0. The van der Waals surface area contributed by atoms with Crippen molar-refractivity contribution >= 4 is 18.1 Å². The van der Waals surface area contributed by atoms with Gasteiger partial charge in [-0.2, -0.15) is 0 Å². The van der Waals surface area contributed by atoms with Gasteiger partial charge in [-0.05, 0) is 66.4 Å². The molecule has 2 N–H and O–H groups in total. The number of benzene rings is 2. The molecule has 0 aromatic heterocycles. The highest BCUT2D eigenvalue weighted by atomic mass is 19.1. The number of hydrogen-bond acceptors (Lipinski definition) is 2. The smallest absolute Gasteiger partial charge is 0.328 e. The van der Waals surface area contributed by atoms with Crippen molar-refractivity contribution in [2.75, 3.05) is 6.61 Å². The maximum absolute atomic E-state index is 12.8. The Kier molecular flexibility index (Phi) is 8.23. The van der Waals surface area contributed by atoms with E-state index in [1.165, 1.54) is 24.3 Å². The summed E-state index contributed by atoms with van der Waals surface area (Å²) in [4.78, 5) is 10.2. The molecule has 2 aromatic carbocycles. The molecule has 2 rings (SSSR count). The summed E-state index contributed by atoms with van der Waals surface area (Å²) >= 11 is 0. The first-order valence-corrected chi connectivity index (χ1v) is 7.54. The normalized spacial score (nSPS) is 10.8. The number of hydrogen-bond donors (Lipinski definition) is 2. The topological polar surface area (TPSA) is 57.5 Å². The molecule has 0 aliphatic carbocycles. The molecule has 0 radical (unpaired) electrons. The minimum atomic E-state index is -1.01. The Balaban J connectivity index is 0.000000251. The van der Waals surface area contributed by atoms with Crippen molar-refractivity contribution in [2.24, 2.45) is 0 Å². The summed E-state index contributed by atoms with van der Waals surface area (Å²) in [6.07, 6.45) is 5.82. The van der Waals surface area contributed by atoms with Gasteiger partial charge < -0.3 is 10.2 Å². The van der Waals surface area contributed by atoms with Crippen LogP contribution in [0, 0.1) is 25.5 Å². The SMILES string of the molecule is Cc1cc(/C=C/C(=O)O)ccc1F.Cc1cc(/C=C/CO)ccc1F. The van der Waals surface area contributed by atoms with Crippen LogP contribution in [0.1, 0.15) is 22.3 Å². The number of carboxylic acid groups (broad SMARTS) is 1. The Hall–Kier alpha value is -2.79. The quantitative estimate of drug-likeness (QED) is 0.808. The van der Waals surface area contributed by atoms with E-state index in [1.54, 1.807) is 44.2 Å². The number of carboxylic acids is 1. The van der Waals surface area contributed by atoms with Crippen LogP contribution in [0.3, 0.4) is 0 Å². The number of rotatable bonds is 4. The van der Waals surface area contributed by atoms with Gasteiger partial charge >= 0.3 is 5.97 Å². The zero-order valence-electron chi connectivity index (χ0n) is 14.0. The van der Waals surface area contributed by atoms with Gasteiger partial charge in [0.05, 0.1) is 6.61 Å². The predicted molar refractivity (Wildman–Crippen MR) is 95.1 cm³/mol. The van der Waals surface area contributed by atoms with E-state index in [4.69, 9.17) is 10.2 Å². The van der Waals surface area contributed by atoms with E-state index < -0.39 is 5.97 Å². The van der Waals surface area contributed by atoms with E-state index in [9.17, 15) is 13.6 Å². The lowest BCUT2D eigenvalue weighted by Gasteiger charge is -1.97. The van der Waals surface area contributed by atoms with E-state index in [1.807, 2.05) is 0 Å². The lowest BCUT2D eigenvalue weighted by molar-refractivity contribution is -0.131. The molecule has 5 heteroatoms. The van der Waals surface area contributed by atoms with E-state index in [2.05, 4.69) is 0 Å². The summed E-state index contributed by atoms with van der Waals surface area (Å²) in [5.41, 5.74) is 2.71. The van der Waals surface area contributed by atoms with Crippen molar-refractivity contribution < 1.29 is 23.8 Å². The molecule has 0 unspecified atom stereocenters. The number of aryl methyl sites for hydroxylation is 2. The molecule has 0 amide bonds. The van der Waals surface area contributed by atoms with Crippen LogP contribution < -0.4 is 0 Å². The molecular weight excluding hydrogens is 326 g/mol. The predicted octanol–water partition coefficient (Wildman–Crippen LogP) is 4.37. The second-order valence-electron chi connectivity index (χ2n) is 5.27. The largest absolute Gasteiger partial charge is 0.478 e. The first kappa shape index (κ1) is 20.3. The highest BCUT2D eigenvalue weighted by Crippen LogP contribution is 2.11. The Morgan fingerprint density at radius 2 is 1.44 bits per heavy atom. The van der Waals surface area contributed by atoms with Crippen molar-refractivity contribution in [1.82, 2.24) is 0 Å². The zero-order chi connectivity index (χ0) is 18.8. The fourth-order valence-electron chi connectivity index (χ4n) is 1.90. The molecule has 0 aliphatic rings. The average molecular weight is 346 g/mol. The number of aliphatic hydroxyl groups excluding tert-OH is 1. The van der Waals surface area contributed by atoms with Gasteiger partial charge in [0.15, 0.2) is 0 Å². The van der Waals surface area contributed by atoms with Crippen molar-refractivity contribution in [3.05, 3.63) is 82.4 Å². The van der Waals surface area contributed by atoms with Crippen LogP contribution in [0.4, 0.5) is 8.78 Å². The molecule has 0 aliphatic heterocycles. The minimum Gasteiger partial charge on any atom is -0.478 e. The molecule has 0 saturated carbocycles. The fourth-order valence-corrected chi connectivity index (χ4v) is 1.90. The first-order chi connectivity index (χ1) is 11.8. The van der Waals surface area contributed by atoms with Crippen LogP contribution >= 0.6 is 0 Å². The fraction of sp³-hybridized carbons (Fsp3) is 0.150. The number of aliphatic carboxylic acids is 1. The van der Waals surface area contributed by atoms with Crippen molar-refractivity contribution in [3.8, 4) is 0 Å². The standard InChI is InChI=1S/C10H9FO2.C10H11FO/c1-7-6-8(2-4-9(7)11)3-5-10(12)13;1-8-7-9(3-2-6-12)4-5-10(8)11/h2-6H,1H3,(H,12,13);2-5,7,12H,6H2,1H3/b5-3+;3-2+. The summed E-state index contributed by atoms with van der Waals surface area (Å²) in [5.74, 6) is -1.49. The molecular formula is C20H20F2O3. The molecule has 2 aromatic rings. The molecule has 132 valence electrons. The Bertz CT molecular complexity index is 781. The minimum absolute atomic E-state index is 0.0103. The summed E-state index contributed by atoms with van der Waals surface area (Å²) < 4.78 is 25.5. The van der Waals surface area contributed by atoms with Gasteiger partial charge in [-0.3, -0.25) is 0 Å². The van der Waals surface area contributed by atoms with Crippen molar-refractivity contribution in [3.63, 3.8) is 0 Å². The van der Waals surface area contributed by atoms with Gasteiger partial charge in [0, 0.05) is 6.08 Å². The van der Waals surface area contributed by atoms with Crippen LogP contribution in [-0.2, 0) is 4.79 Å². The van der Waals surface area contributed by atoms with Gasteiger partial charge in [-0.25, -0.2) is 13.6 Å². The first-order valence-electron chi connectivity index (χ1n) is 7.54. The highest BCUT2D eigenvalue weighted by Gasteiger charge is 1.96. The molecule has 25 heavy (non-hydrogen) atoms. The van der Waals surface area contributed by atoms with Gasteiger partial charge in [0.25, 0.3) is 0 Å². The molecule has 0 fully saturated rings. The van der Waals surface area contributed by atoms with Crippen LogP contribution in [-0.4, -0.2) is 22.8 Å². The lowest BCUT2D eigenvalue weighted by Crippen LogP contribution is -1.87. The second kappa shape index (κ2) is 10.2. The molecule has 0 saturated heterocycles. The van der Waals surface area contributed by atoms with E-state index in [0.29, 0.717) is 16.7 Å². The molecule has 3 nitrogen and oxygen atoms in total. The molecule has 0 spiro atoms. The Labute approximate surface area is 145 Å². The second-order valence-corrected chi connectivity index (χ2v) is 5.27. The Morgan fingerprint density at radius 3 is 1.84 bits per heavy atom. The van der Waals surface area contributed by atoms with E-state index in [-0.39, 0.29) is 18.2 Å². The van der Waals surface area contributed by atoms with Crippen LogP contribution in [0.5, 0.6) is 0 Å². The van der Waals surface area contributed by atoms with Gasteiger partial charge in [0.2, 0.25) is 0 Å². The highest BCUT2D eigenvalue weighted by molar-refractivity contribution is 5.85. The third kappa shape index (κ3) is 7.54. The maximum Gasteiger partial charge on any atom is 0.328 e. The molecule has 0 bridgehead atoms. The average Bonchev–Trinajstić information content (AvgIpc) is 2.57. The van der Waals surface area contributed by atoms with Crippen LogP contribution in [0.15, 0.2) is 48.6 Å². The summed E-state index contributed by atoms with van der Waals surface area (Å²) in [6.45, 7) is 3.36. The van der Waals surface area contributed by atoms with Gasteiger partial charge in [-0.15, -0.1) is 0 Å². The zero-order valence-corrected chi connectivity index (χ0v) is 14.0.